The molecule has 0 aromatic heterocycles. The summed E-state index contributed by atoms with van der Waals surface area (Å²) in [4.78, 5) is 9.54. The van der Waals surface area contributed by atoms with Gasteiger partial charge in [0.1, 0.15) is 0 Å². The smallest absolute Gasteiger partial charge is 0.357 e. The van der Waals surface area contributed by atoms with Crippen molar-refractivity contribution in [2.45, 2.75) is 6.42 Å². The van der Waals surface area contributed by atoms with Gasteiger partial charge in [-0.3, -0.25) is 0 Å². The van der Waals surface area contributed by atoms with Crippen LogP contribution in [0.1, 0.15) is 6.42 Å². The molecule has 0 aliphatic carbocycles. The first kappa shape index (κ1) is 6.43. The summed E-state index contributed by atoms with van der Waals surface area (Å²) in [5.41, 5.74) is 0. The first-order valence-corrected chi connectivity index (χ1v) is 1.84. The average molecular weight is 102 g/mol. The van der Waals surface area contributed by atoms with Gasteiger partial charge in [0, 0.05) is 0 Å². The molecule has 0 unspecified atom stereocenters. The summed E-state index contributed by atoms with van der Waals surface area (Å²) in [5.74, 6) is -1.11. The molecule has 0 heterocycles. The zero-order valence-electron chi connectivity index (χ0n) is 3.85. The van der Waals surface area contributed by atoms with Crippen molar-refractivity contribution in [1.82, 2.24) is 0 Å². The van der Waals surface area contributed by atoms with E-state index >= 15 is 0 Å². The number of carbonyl (C=O) groups is 1. The number of hydrogen-bond donors (Lipinski definition) is 0. The molecule has 0 aliphatic rings. The van der Waals surface area contributed by atoms with Crippen LogP contribution in [0.3, 0.4) is 0 Å². The fourth-order valence-corrected chi connectivity index (χ4v) is 0.156. The predicted octanol–water partition coefficient (Wildman–Crippen LogP) is 0.142. The van der Waals surface area contributed by atoms with Crippen LogP contribution in [0.4, 0.5) is 0 Å². The summed E-state index contributed by atoms with van der Waals surface area (Å²) < 4.78 is 4.18. The van der Waals surface area contributed by atoms with E-state index in [2.05, 4.69) is 11.8 Å². The van der Waals surface area contributed by atoms with Gasteiger partial charge in [0.05, 0.1) is 20.1 Å². The molecular weight excluding hydrogens is 96.0 g/mol. The van der Waals surface area contributed by atoms with Gasteiger partial charge in [-0.2, -0.15) is 0 Å². The van der Waals surface area contributed by atoms with Crippen LogP contribution in [0.15, 0.2) is 0 Å². The monoisotopic (exact) mass is 102 g/mol. The minimum Gasteiger partial charge on any atom is -0.378 e. The van der Waals surface area contributed by atoms with Gasteiger partial charge in [0.2, 0.25) is 0 Å². The van der Waals surface area contributed by atoms with Gasteiger partial charge in [-0.15, -0.1) is 0 Å². The van der Waals surface area contributed by atoms with Crippen LogP contribution in [-0.2, 0) is 14.6 Å². The van der Waals surface area contributed by atoms with E-state index in [9.17, 15) is 9.90 Å². The Labute approximate surface area is 41.9 Å². The number of ether oxygens (including phenoxy) is 1. The third-order valence-electron chi connectivity index (χ3n) is 0.451. The van der Waals surface area contributed by atoms with Gasteiger partial charge in [-0.25, -0.2) is 9.90 Å². The number of hydrogen-bond acceptors (Lipinski definition) is 2. The normalized spacial score (nSPS) is 8.71. The largest absolute Gasteiger partial charge is 0.378 e. The molecule has 40 valence electrons. The molecule has 0 saturated heterocycles. The van der Waals surface area contributed by atoms with Crippen LogP contribution >= 0.6 is 0 Å². The highest BCUT2D eigenvalue weighted by atomic mass is 16.5. The number of rotatable bonds is 3. The fraction of sp³-hybridized carbons (Fsp3) is 0.500. The molecule has 3 nitrogen and oxygen atoms in total. The lowest BCUT2D eigenvalue weighted by molar-refractivity contribution is -0.143. The lowest BCUT2D eigenvalue weighted by atomic mass is 10.5. The fourth-order valence-electron chi connectivity index (χ4n) is 0.156. The molecular formula is C4H6O3. The van der Waals surface area contributed by atoms with Gasteiger partial charge < -0.3 is 4.74 Å². The summed E-state index contributed by atoms with van der Waals surface area (Å²) in [5, 5.41) is 9.54. The van der Waals surface area contributed by atoms with Crippen molar-refractivity contribution in [2.24, 2.45) is 0 Å². The van der Waals surface area contributed by atoms with Crippen molar-refractivity contribution in [1.29, 1.82) is 0 Å². The Hall–Kier alpha value is -0.570. The van der Waals surface area contributed by atoms with Crippen LogP contribution in [0, 0.1) is 7.11 Å². The van der Waals surface area contributed by atoms with E-state index in [-0.39, 0.29) is 13.0 Å². The van der Waals surface area contributed by atoms with Crippen LogP contribution in [0.5, 0.6) is 0 Å². The second-order valence-corrected chi connectivity index (χ2v) is 1.03. The molecule has 0 aliphatic heterocycles. The summed E-state index contributed by atoms with van der Waals surface area (Å²) in [7, 11) is 2.97. The van der Waals surface area contributed by atoms with Gasteiger partial charge >= 0.3 is 5.97 Å². The van der Waals surface area contributed by atoms with Crippen molar-refractivity contribution >= 4 is 5.97 Å². The summed E-state index contributed by atoms with van der Waals surface area (Å²) >= 11 is 0. The van der Waals surface area contributed by atoms with E-state index in [0.717, 1.165) is 0 Å². The molecule has 0 saturated carbocycles. The van der Waals surface area contributed by atoms with E-state index in [1.54, 1.807) is 0 Å². The summed E-state index contributed by atoms with van der Waals surface area (Å²) in [6.07, 6.45) is -0.0799. The molecule has 0 rings (SSSR count). The molecule has 0 aromatic rings. The first-order chi connectivity index (χ1) is 3.27. The predicted molar refractivity (Wildman–Crippen MR) is 21.6 cm³/mol. The van der Waals surface area contributed by atoms with Gasteiger partial charge in [0.25, 0.3) is 0 Å². The topological polar surface area (TPSA) is 46.2 Å². The van der Waals surface area contributed by atoms with E-state index < -0.39 is 5.97 Å². The lowest BCUT2D eigenvalue weighted by Crippen LogP contribution is -1.96. The van der Waals surface area contributed by atoms with Crippen LogP contribution in [-0.4, -0.2) is 12.6 Å². The lowest BCUT2D eigenvalue weighted by Gasteiger charge is -1.86. The van der Waals surface area contributed by atoms with Gasteiger partial charge in [-0.05, 0) is 0 Å². The second-order valence-electron chi connectivity index (χ2n) is 1.03. The second kappa shape index (κ2) is 3.61. The number of carbonyl (C=O) groups excluding carboxylic acids is 1. The molecule has 2 radical (unpaired) electrons. The Bertz CT molecular complexity index is 60.0. The third-order valence-corrected chi connectivity index (χ3v) is 0.451. The Morgan fingerprint density at radius 3 is 2.43 bits per heavy atom. The molecule has 0 bridgehead atoms. The van der Waals surface area contributed by atoms with E-state index in [0.29, 0.717) is 0 Å². The van der Waals surface area contributed by atoms with Crippen LogP contribution in [0.25, 0.3) is 0 Å². The highest BCUT2D eigenvalue weighted by Gasteiger charge is 1.94. The minimum atomic E-state index is -1.11. The maximum Gasteiger partial charge on any atom is 0.357 e. The molecule has 0 spiro atoms. The maximum atomic E-state index is 9.54. The highest BCUT2D eigenvalue weighted by Crippen LogP contribution is 1.78. The van der Waals surface area contributed by atoms with Crippen molar-refractivity contribution < 1.29 is 14.6 Å². The summed E-state index contributed by atoms with van der Waals surface area (Å²) in [6, 6.07) is 0. The van der Waals surface area contributed by atoms with Gasteiger partial charge in [-0.1, -0.05) is 0 Å². The van der Waals surface area contributed by atoms with Crippen molar-refractivity contribution in [3.63, 3.8) is 0 Å². The SMILES string of the molecule is [CH2]OCCC([O])=O. The first-order valence-electron chi connectivity index (χ1n) is 1.84. The molecule has 3 heteroatoms. The maximum absolute atomic E-state index is 9.54. The van der Waals surface area contributed by atoms with Crippen LogP contribution in [0.2, 0.25) is 0 Å². The minimum absolute atomic E-state index is 0.0799. The molecule has 0 amide bonds. The molecule has 0 atom stereocenters. The van der Waals surface area contributed by atoms with Crippen molar-refractivity contribution in [2.75, 3.05) is 6.61 Å². The zero-order valence-corrected chi connectivity index (χ0v) is 3.85. The molecule has 0 aromatic carbocycles. The Balaban J connectivity index is 2.82. The Morgan fingerprint density at radius 2 is 2.29 bits per heavy atom. The van der Waals surface area contributed by atoms with Gasteiger partial charge in [0.15, 0.2) is 0 Å². The molecule has 0 fully saturated rings. The Kier molecular flexibility index (Phi) is 3.32. The quantitative estimate of drug-likeness (QED) is 0.508. The van der Waals surface area contributed by atoms with E-state index in [1.807, 2.05) is 0 Å². The average Bonchev–Trinajstić information content (AvgIpc) is 1.61. The van der Waals surface area contributed by atoms with Crippen molar-refractivity contribution in [3.05, 3.63) is 7.11 Å². The Morgan fingerprint density at radius 1 is 1.71 bits per heavy atom. The summed E-state index contributed by atoms with van der Waals surface area (Å²) in [6.45, 7) is 0.127. The van der Waals surface area contributed by atoms with Crippen molar-refractivity contribution in [3.8, 4) is 0 Å². The zero-order chi connectivity index (χ0) is 5.70. The highest BCUT2D eigenvalue weighted by molar-refractivity contribution is 5.66. The van der Waals surface area contributed by atoms with E-state index in [1.165, 1.54) is 0 Å². The molecule has 0 N–H and O–H groups in total. The van der Waals surface area contributed by atoms with Crippen LogP contribution < -0.4 is 0 Å². The van der Waals surface area contributed by atoms with E-state index in [4.69, 9.17) is 0 Å². The molecule has 7 heavy (non-hydrogen) atoms. The standard InChI is InChI=1S/C4H6O3/c1-7-3-2-4(5)6/h1-3H2. The third kappa shape index (κ3) is 5.43.